The lowest BCUT2D eigenvalue weighted by Crippen LogP contribution is -2.53. The molecule has 1 amide bonds. The first-order valence-corrected chi connectivity index (χ1v) is 8.34. The van der Waals surface area contributed by atoms with E-state index in [-0.39, 0.29) is 28.6 Å². The minimum atomic E-state index is -0.297. The molecule has 1 saturated carbocycles. The van der Waals surface area contributed by atoms with Gasteiger partial charge in [0.05, 0.1) is 22.7 Å². The average molecular weight is 295 g/mol. The van der Waals surface area contributed by atoms with Gasteiger partial charge >= 0.3 is 0 Å². The van der Waals surface area contributed by atoms with Crippen molar-refractivity contribution < 1.29 is 14.3 Å². The van der Waals surface area contributed by atoms with Crippen LogP contribution in [0.15, 0.2) is 0 Å². The molecular formula is C17H29NO3. The monoisotopic (exact) mass is 295 g/mol. The van der Waals surface area contributed by atoms with Crippen LogP contribution in [-0.2, 0) is 14.3 Å². The molecule has 0 spiro atoms. The van der Waals surface area contributed by atoms with E-state index in [2.05, 4.69) is 33.0 Å². The highest BCUT2D eigenvalue weighted by atomic mass is 16.5. The quantitative estimate of drug-likeness (QED) is 0.871. The minimum Gasteiger partial charge on any atom is -0.381 e. The van der Waals surface area contributed by atoms with Crippen molar-refractivity contribution in [2.24, 2.45) is 11.3 Å². The van der Waals surface area contributed by atoms with Crippen LogP contribution in [0.5, 0.6) is 0 Å². The fourth-order valence-corrected chi connectivity index (χ4v) is 4.28. The van der Waals surface area contributed by atoms with Crippen LogP contribution in [0.25, 0.3) is 0 Å². The Labute approximate surface area is 127 Å². The number of carbonyl (C=O) groups excluding carboxylic acids is 1. The van der Waals surface area contributed by atoms with Gasteiger partial charge < -0.3 is 14.8 Å². The van der Waals surface area contributed by atoms with E-state index in [4.69, 9.17) is 9.47 Å². The van der Waals surface area contributed by atoms with Crippen LogP contribution in [-0.4, -0.2) is 36.4 Å². The molecule has 0 aromatic carbocycles. The Hall–Kier alpha value is -0.610. The molecule has 1 aliphatic carbocycles. The number of hydrogen-bond donors (Lipinski definition) is 1. The summed E-state index contributed by atoms with van der Waals surface area (Å²) < 4.78 is 11.6. The van der Waals surface area contributed by atoms with Gasteiger partial charge in [0.1, 0.15) is 0 Å². The van der Waals surface area contributed by atoms with E-state index < -0.39 is 0 Å². The Kier molecular flexibility index (Phi) is 3.61. The molecule has 2 aliphatic heterocycles. The maximum Gasteiger partial charge on any atom is 0.226 e. The number of nitrogens with one attached hydrogen (secondary N) is 1. The van der Waals surface area contributed by atoms with Crippen molar-refractivity contribution >= 4 is 5.91 Å². The molecule has 0 aromatic heterocycles. The van der Waals surface area contributed by atoms with Crippen LogP contribution < -0.4 is 5.32 Å². The van der Waals surface area contributed by atoms with E-state index in [0.717, 1.165) is 32.5 Å². The molecule has 1 N–H and O–H groups in total. The normalized spacial score (nSPS) is 33.6. The maximum atomic E-state index is 13.0. The highest BCUT2D eigenvalue weighted by Gasteiger charge is 2.54. The Morgan fingerprint density at radius 2 is 1.71 bits per heavy atom. The van der Waals surface area contributed by atoms with E-state index in [1.807, 2.05) is 0 Å². The van der Waals surface area contributed by atoms with Crippen molar-refractivity contribution in [3.05, 3.63) is 0 Å². The molecule has 3 aliphatic rings. The second kappa shape index (κ2) is 4.95. The topological polar surface area (TPSA) is 47.6 Å². The fourth-order valence-electron chi connectivity index (χ4n) is 4.28. The molecule has 0 aromatic rings. The van der Waals surface area contributed by atoms with Crippen LogP contribution >= 0.6 is 0 Å². The Balaban J connectivity index is 1.73. The van der Waals surface area contributed by atoms with Crippen molar-refractivity contribution in [1.29, 1.82) is 0 Å². The summed E-state index contributed by atoms with van der Waals surface area (Å²) in [6.45, 7) is 9.82. The van der Waals surface area contributed by atoms with Crippen LogP contribution in [0.4, 0.5) is 0 Å². The summed E-state index contributed by atoms with van der Waals surface area (Å²) >= 11 is 0. The third-order valence-corrected chi connectivity index (χ3v) is 5.58. The lowest BCUT2D eigenvalue weighted by Gasteiger charge is -2.38. The number of ether oxygens (including phenoxy) is 2. The van der Waals surface area contributed by atoms with Crippen molar-refractivity contribution in [2.45, 2.75) is 77.0 Å². The summed E-state index contributed by atoms with van der Waals surface area (Å²) in [7, 11) is 0. The molecule has 4 nitrogen and oxygen atoms in total. The van der Waals surface area contributed by atoms with Crippen LogP contribution in [0.1, 0.15) is 59.8 Å². The Morgan fingerprint density at radius 3 is 2.19 bits per heavy atom. The first kappa shape index (κ1) is 15.3. The van der Waals surface area contributed by atoms with E-state index in [0.29, 0.717) is 5.92 Å². The van der Waals surface area contributed by atoms with Crippen LogP contribution in [0.2, 0.25) is 0 Å². The number of amides is 1. The van der Waals surface area contributed by atoms with Gasteiger partial charge in [0, 0.05) is 13.2 Å². The number of rotatable bonds is 3. The molecule has 0 radical (unpaired) electrons. The third-order valence-electron chi connectivity index (χ3n) is 5.58. The maximum absolute atomic E-state index is 13.0. The molecule has 0 bridgehead atoms. The van der Waals surface area contributed by atoms with Gasteiger partial charge in [-0.1, -0.05) is 0 Å². The molecule has 3 fully saturated rings. The molecule has 2 saturated heterocycles. The highest BCUT2D eigenvalue weighted by molar-refractivity contribution is 5.84. The molecule has 3 rings (SSSR count). The number of carbonyl (C=O) groups is 1. The number of hydrogen-bond acceptors (Lipinski definition) is 3. The van der Waals surface area contributed by atoms with E-state index >= 15 is 0 Å². The largest absolute Gasteiger partial charge is 0.381 e. The van der Waals surface area contributed by atoms with Gasteiger partial charge in [-0.3, -0.25) is 4.79 Å². The molecular weight excluding hydrogens is 266 g/mol. The summed E-state index contributed by atoms with van der Waals surface area (Å²) in [6.07, 6.45) is 5.03. The van der Waals surface area contributed by atoms with Gasteiger partial charge in [0.2, 0.25) is 5.91 Å². The van der Waals surface area contributed by atoms with Crippen molar-refractivity contribution in [2.75, 3.05) is 13.2 Å². The van der Waals surface area contributed by atoms with Crippen LogP contribution in [0.3, 0.4) is 0 Å². The standard InChI is InChI=1S/C17H29NO3/c1-15(2)11-13(16(3,4)21-15)18-14(19)17(12-5-6-12)7-9-20-10-8-17/h12-13H,5-11H2,1-4H3,(H,18,19). The summed E-state index contributed by atoms with van der Waals surface area (Å²) in [6, 6.07) is 0.0958. The average Bonchev–Trinajstić information content (AvgIpc) is 3.18. The smallest absolute Gasteiger partial charge is 0.226 e. The van der Waals surface area contributed by atoms with E-state index in [1.165, 1.54) is 12.8 Å². The van der Waals surface area contributed by atoms with Gasteiger partial charge in [-0.2, -0.15) is 0 Å². The van der Waals surface area contributed by atoms with Gasteiger partial charge in [0.25, 0.3) is 0 Å². The zero-order valence-corrected chi connectivity index (χ0v) is 13.8. The van der Waals surface area contributed by atoms with Gasteiger partial charge in [0.15, 0.2) is 0 Å². The second-order valence-electron chi connectivity index (χ2n) is 8.24. The first-order chi connectivity index (χ1) is 9.75. The lowest BCUT2D eigenvalue weighted by molar-refractivity contribution is -0.141. The predicted molar refractivity (Wildman–Crippen MR) is 81.0 cm³/mol. The molecule has 1 unspecified atom stereocenters. The summed E-state index contributed by atoms with van der Waals surface area (Å²) in [4.78, 5) is 13.0. The Morgan fingerprint density at radius 1 is 1.10 bits per heavy atom. The van der Waals surface area contributed by atoms with Crippen molar-refractivity contribution in [3.63, 3.8) is 0 Å². The van der Waals surface area contributed by atoms with E-state index in [9.17, 15) is 4.79 Å². The van der Waals surface area contributed by atoms with Crippen molar-refractivity contribution in [3.8, 4) is 0 Å². The zero-order chi connectivity index (χ0) is 15.3. The summed E-state index contributed by atoms with van der Waals surface area (Å²) in [5.41, 5.74) is -0.639. The minimum absolute atomic E-state index is 0.0958. The third kappa shape index (κ3) is 2.85. The fraction of sp³-hybridized carbons (Fsp3) is 0.941. The van der Waals surface area contributed by atoms with Crippen molar-refractivity contribution in [1.82, 2.24) is 5.32 Å². The SMILES string of the molecule is CC1(C)CC(NC(=O)C2(C3CC3)CCOCC2)C(C)(C)O1. The lowest BCUT2D eigenvalue weighted by atomic mass is 9.74. The molecule has 1 atom stereocenters. The van der Waals surface area contributed by atoms with Gasteiger partial charge in [-0.15, -0.1) is 0 Å². The molecule has 21 heavy (non-hydrogen) atoms. The summed E-state index contributed by atoms with van der Waals surface area (Å²) in [5.74, 6) is 0.813. The van der Waals surface area contributed by atoms with Gasteiger partial charge in [-0.25, -0.2) is 0 Å². The zero-order valence-electron chi connectivity index (χ0n) is 13.8. The molecule has 120 valence electrons. The Bertz CT molecular complexity index is 420. The van der Waals surface area contributed by atoms with E-state index in [1.54, 1.807) is 0 Å². The predicted octanol–water partition coefficient (Wildman–Crippen LogP) is 2.66. The van der Waals surface area contributed by atoms with Gasteiger partial charge in [-0.05, 0) is 65.7 Å². The second-order valence-corrected chi connectivity index (χ2v) is 8.24. The van der Waals surface area contributed by atoms with Crippen LogP contribution in [0, 0.1) is 11.3 Å². The highest BCUT2D eigenvalue weighted by Crippen LogP contribution is 2.52. The summed E-state index contributed by atoms with van der Waals surface area (Å²) in [5, 5.41) is 3.34. The molecule has 2 heterocycles. The molecule has 4 heteroatoms. The first-order valence-electron chi connectivity index (χ1n) is 8.34.